The molecular formula is C83H155NO5. The van der Waals surface area contributed by atoms with E-state index in [2.05, 4.69) is 67.8 Å². The highest BCUT2D eigenvalue weighted by Crippen LogP contribution is 2.19. The van der Waals surface area contributed by atoms with Gasteiger partial charge >= 0.3 is 5.97 Å². The van der Waals surface area contributed by atoms with E-state index in [4.69, 9.17) is 4.74 Å². The molecule has 0 aliphatic heterocycles. The maximum atomic E-state index is 12.6. The number of carbonyl (C=O) groups is 2. The first-order valence-corrected chi connectivity index (χ1v) is 40.1. The number of nitrogens with one attached hydrogen (secondary N) is 1. The molecule has 3 N–H and O–H groups in total. The summed E-state index contributed by atoms with van der Waals surface area (Å²) < 4.78 is 5.49. The van der Waals surface area contributed by atoms with Gasteiger partial charge in [0, 0.05) is 12.8 Å². The first-order valence-electron chi connectivity index (χ1n) is 40.1. The average molecular weight is 1250 g/mol. The number of hydrogen-bond donors (Lipinski definition) is 3. The first kappa shape index (κ1) is 86.6. The molecule has 0 radical (unpaired) electrons. The molecule has 0 saturated heterocycles. The Labute approximate surface area is 556 Å². The number of hydrogen-bond acceptors (Lipinski definition) is 5. The van der Waals surface area contributed by atoms with Crippen molar-refractivity contribution in [2.75, 3.05) is 13.2 Å². The monoisotopic (exact) mass is 1250 g/mol. The molecule has 0 aliphatic carbocycles. The molecule has 0 fully saturated rings. The van der Waals surface area contributed by atoms with E-state index in [9.17, 15) is 19.8 Å². The van der Waals surface area contributed by atoms with Crippen LogP contribution in [0.4, 0.5) is 0 Å². The van der Waals surface area contributed by atoms with Crippen molar-refractivity contribution in [3.8, 4) is 0 Å². The molecule has 0 saturated carbocycles. The van der Waals surface area contributed by atoms with E-state index in [1.165, 1.54) is 347 Å². The molecule has 0 spiro atoms. The minimum Gasteiger partial charge on any atom is -0.466 e. The summed E-state index contributed by atoms with van der Waals surface area (Å²) in [6.07, 6.45) is 105. The first-order chi connectivity index (χ1) is 44.0. The summed E-state index contributed by atoms with van der Waals surface area (Å²) in [5.74, 6) is -0.0614. The van der Waals surface area contributed by atoms with Gasteiger partial charge in [-0.25, -0.2) is 0 Å². The molecule has 0 rings (SSSR count). The Morgan fingerprint density at radius 1 is 0.315 bits per heavy atom. The number of rotatable bonds is 75. The molecule has 6 heteroatoms. The fraction of sp³-hybridized carbons (Fsp3) is 0.855. The number of amides is 1. The lowest BCUT2D eigenvalue weighted by atomic mass is 10.0. The van der Waals surface area contributed by atoms with Crippen molar-refractivity contribution in [2.45, 2.75) is 443 Å². The Balaban J connectivity index is 3.41. The molecule has 0 aliphatic rings. The van der Waals surface area contributed by atoms with Gasteiger partial charge in [-0.05, 0) is 96.3 Å². The zero-order chi connectivity index (χ0) is 64.2. The van der Waals surface area contributed by atoms with Crippen LogP contribution < -0.4 is 5.32 Å². The van der Waals surface area contributed by atoms with Crippen molar-refractivity contribution in [3.63, 3.8) is 0 Å². The third kappa shape index (κ3) is 74.5. The van der Waals surface area contributed by atoms with Crippen LogP contribution in [0.2, 0.25) is 0 Å². The van der Waals surface area contributed by atoms with E-state index in [0.29, 0.717) is 19.4 Å². The molecule has 0 bridgehead atoms. The van der Waals surface area contributed by atoms with Crippen molar-refractivity contribution in [1.29, 1.82) is 0 Å². The number of aliphatic hydroxyl groups excluding tert-OH is 2. The lowest BCUT2D eigenvalue weighted by Gasteiger charge is -2.20. The molecule has 522 valence electrons. The standard InChI is InChI=1S/C83H155NO5/c1-3-5-7-9-11-13-15-17-19-21-22-23-35-38-41-44-47-51-55-59-63-67-71-75-81(86)80(79-85)84-82(87)76-72-68-64-60-56-52-48-45-42-39-36-33-31-29-27-25-24-26-28-30-32-34-37-40-43-46-50-54-58-62-66-70-74-78-89-83(88)77-73-69-65-61-57-53-49-20-18-16-14-12-10-8-6-4-2/h14,16,20,28,30,34,37,49,71,75,80-81,85-86H,3-13,15,17-19,21-27,29,31-33,35-36,38-48,50-70,72-74,76-79H2,1-2H3,(H,84,87)/b16-14-,30-28-,37-34-,49-20-,75-71+. The Bertz CT molecular complexity index is 1530. The quantitative estimate of drug-likeness (QED) is 0.0320. The highest BCUT2D eigenvalue weighted by atomic mass is 16.5. The van der Waals surface area contributed by atoms with Gasteiger partial charge in [-0.1, -0.05) is 383 Å². The lowest BCUT2D eigenvalue weighted by molar-refractivity contribution is -0.143. The number of ether oxygens (including phenoxy) is 1. The SMILES string of the molecule is CCCCCC/C=C\C/C=C\CCCCCCCC(=O)OCCCCCCCCCCC/C=C\C/C=C\CCCCCCCCCCCCCCCCCCCC(=O)NC(CO)C(O)/C=C/CCCCCCCCCCCCCCCCCCCCCCC. The summed E-state index contributed by atoms with van der Waals surface area (Å²) in [7, 11) is 0. The van der Waals surface area contributed by atoms with Gasteiger partial charge in [0.15, 0.2) is 0 Å². The predicted octanol–water partition coefficient (Wildman–Crippen LogP) is 26.5. The fourth-order valence-electron chi connectivity index (χ4n) is 12.4. The highest BCUT2D eigenvalue weighted by Gasteiger charge is 2.18. The molecule has 0 aromatic carbocycles. The maximum Gasteiger partial charge on any atom is 0.305 e. The van der Waals surface area contributed by atoms with Crippen LogP contribution in [0, 0.1) is 0 Å². The van der Waals surface area contributed by atoms with Crippen LogP contribution in [0.1, 0.15) is 431 Å². The van der Waals surface area contributed by atoms with Crippen LogP contribution in [-0.2, 0) is 14.3 Å². The molecule has 2 atom stereocenters. The van der Waals surface area contributed by atoms with Gasteiger partial charge in [0.2, 0.25) is 5.91 Å². The summed E-state index contributed by atoms with van der Waals surface area (Å²) >= 11 is 0. The van der Waals surface area contributed by atoms with Crippen molar-refractivity contribution < 1.29 is 24.5 Å². The van der Waals surface area contributed by atoms with E-state index >= 15 is 0 Å². The molecule has 6 nitrogen and oxygen atoms in total. The van der Waals surface area contributed by atoms with Crippen LogP contribution in [0.3, 0.4) is 0 Å². The van der Waals surface area contributed by atoms with Gasteiger partial charge in [0.25, 0.3) is 0 Å². The highest BCUT2D eigenvalue weighted by molar-refractivity contribution is 5.76. The van der Waals surface area contributed by atoms with Gasteiger partial charge in [-0.3, -0.25) is 9.59 Å². The number of esters is 1. The van der Waals surface area contributed by atoms with Gasteiger partial charge in [-0.15, -0.1) is 0 Å². The minimum absolute atomic E-state index is 0.000666. The Morgan fingerprint density at radius 2 is 0.562 bits per heavy atom. The molecule has 2 unspecified atom stereocenters. The molecule has 0 aromatic heterocycles. The zero-order valence-electron chi connectivity index (χ0n) is 59.9. The Hall–Kier alpha value is -2.44. The summed E-state index contributed by atoms with van der Waals surface area (Å²) in [4.78, 5) is 24.6. The molecule has 0 aromatic rings. The van der Waals surface area contributed by atoms with Gasteiger partial charge in [-0.2, -0.15) is 0 Å². The second kappa shape index (κ2) is 78.0. The number of aliphatic hydroxyl groups is 2. The van der Waals surface area contributed by atoms with Crippen LogP contribution in [0.25, 0.3) is 0 Å². The van der Waals surface area contributed by atoms with Crippen LogP contribution in [0.5, 0.6) is 0 Å². The number of allylic oxidation sites excluding steroid dienone is 9. The maximum absolute atomic E-state index is 12.6. The third-order valence-corrected chi connectivity index (χ3v) is 18.5. The van der Waals surface area contributed by atoms with Gasteiger partial charge in [0.1, 0.15) is 0 Å². The van der Waals surface area contributed by atoms with Crippen LogP contribution in [-0.4, -0.2) is 47.4 Å². The summed E-state index contributed by atoms with van der Waals surface area (Å²) in [5, 5.41) is 23.3. The van der Waals surface area contributed by atoms with Crippen molar-refractivity contribution in [1.82, 2.24) is 5.32 Å². The predicted molar refractivity (Wildman–Crippen MR) is 393 cm³/mol. The molecule has 1 amide bonds. The fourth-order valence-corrected chi connectivity index (χ4v) is 12.4. The minimum atomic E-state index is -0.846. The Morgan fingerprint density at radius 3 is 0.865 bits per heavy atom. The van der Waals surface area contributed by atoms with Crippen molar-refractivity contribution in [2.24, 2.45) is 0 Å². The second-order valence-corrected chi connectivity index (χ2v) is 27.4. The second-order valence-electron chi connectivity index (χ2n) is 27.4. The topological polar surface area (TPSA) is 95.9 Å². The van der Waals surface area contributed by atoms with E-state index in [-0.39, 0.29) is 18.5 Å². The van der Waals surface area contributed by atoms with Gasteiger partial charge < -0.3 is 20.3 Å². The lowest BCUT2D eigenvalue weighted by Crippen LogP contribution is -2.45. The van der Waals surface area contributed by atoms with E-state index in [1.807, 2.05) is 6.08 Å². The molecule has 89 heavy (non-hydrogen) atoms. The largest absolute Gasteiger partial charge is 0.466 e. The number of unbranched alkanes of at least 4 members (excludes halogenated alkanes) is 56. The Kier molecular flexibility index (Phi) is 75.9. The summed E-state index contributed by atoms with van der Waals surface area (Å²) in [5.41, 5.74) is 0. The van der Waals surface area contributed by atoms with E-state index in [1.54, 1.807) is 6.08 Å². The van der Waals surface area contributed by atoms with Crippen molar-refractivity contribution in [3.05, 3.63) is 60.8 Å². The third-order valence-electron chi connectivity index (χ3n) is 18.5. The van der Waals surface area contributed by atoms with Crippen molar-refractivity contribution >= 4 is 11.9 Å². The normalized spacial score (nSPS) is 12.8. The molecule has 0 heterocycles. The van der Waals surface area contributed by atoms with E-state index < -0.39 is 12.1 Å². The molecular weight excluding hydrogens is 1090 g/mol. The van der Waals surface area contributed by atoms with Gasteiger partial charge in [0.05, 0.1) is 25.4 Å². The summed E-state index contributed by atoms with van der Waals surface area (Å²) in [6.45, 7) is 4.92. The average Bonchev–Trinajstić information content (AvgIpc) is 3.64. The zero-order valence-corrected chi connectivity index (χ0v) is 59.9. The van der Waals surface area contributed by atoms with Crippen LogP contribution >= 0.6 is 0 Å². The van der Waals surface area contributed by atoms with Crippen LogP contribution in [0.15, 0.2) is 60.8 Å². The number of carbonyl (C=O) groups excluding carboxylic acids is 2. The smallest absolute Gasteiger partial charge is 0.305 e. The van der Waals surface area contributed by atoms with E-state index in [0.717, 1.165) is 57.8 Å². The summed E-state index contributed by atoms with van der Waals surface area (Å²) in [6, 6.07) is -0.629.